The van der Waals surface area contributed by atoms with Crippen LogP contribution in [0.4, 0.5) is 45.2 Å². The van der Waals surface area contributed by atoms with Gasteiger partial charge in [0.2, 0.25) is 5.84 Å². The number of nitrogens with one attached hydrogen (secondary N) is 2. The van der Waals surface area contributed by atoms with E-state index in [2.05, 4.69) is 27.3 Å². The summed E-state index contributed by atoms with van der Waals surface area (Å²) in [6.45, 7) is 3.40. The molecular weight excluding hydrogens is 528 g/mol. The van der Waals surface area contributed by atoms with Gasteiger partial charge in [-0.1, -0.05) is 29.3 Å². The molecule has 0 aliphatic carbocycles. The highest BCUT2D eigenvalue weighted by molar-refractivity contribution is 6.39. The lowest BCUT2D eigenvalue weighted by Gasteiger charge is -2.26. The van der Waals surface area contributed by atoms with Crippen LogP contribution >= 0.6 is 23.2 Å². The number of benzene rings is 1. The first-order valence-electron chi connectivity index (χ1n) is 9.08. The maximum absolute atomic E-state index is 13.7. The van der Waals surface area contributed by atoms with E-state index < -0.39 is 68.9 Å². The number of alkyl halides is 9. The van der Waals surface area contributed by atoms with Crippen molar-refractivity contribution in [3.05, 3.63) is 51.8 Å². The summed E-state index contributed by atoms with van der Waals surface area (Å²) in [4.78, 5) is 5.90. The molecule has 1 aromatic rings. The highest BCUT2D eigenvalue weighted by Crippen LogP contribution is 2.44. The van der Waals surface area contributed by atoms with Gasteiger partial charge in [-0.2, -0.15) is 44.9 Å². The monoisotopic (exact) mass is 539 g/mol. The van der Waals surface area contributed by atoms with Gasteiger partial charge in [0.05, 0.1) is 26.9 Å². The van der Waals surface area contributed by atoms with Crippen LogP contribution in [0.25, 0.3) is 0 Å². The van der Waals surface area contributed by atoms with Gasteiger partial charge in [-0.25, -0.2) is 9.98 Å². The number of hydrazine groups is 1. The molecule has 2 N–H and O–H groups in total. The molecular formula is C18H12Cl2F9N5. The van der Waals surface area contributed by atoms with Crippen molar-refractivity contribution in [3.63, 3.8) is 0 Å². The lowest BCUT2D eigenvalue weighted by Crippen LogP contribution is -2.43. The van der Waals surface area contributed by atoms with Crippen LogP contribution in [0, 0.1) is 0 Å². The summed E-state index contributed by atoms with van der Waals surface area (Å²) in [5.41, 5.74) is -2.12. The Morgan fingerprint density at radius 2 is 1.59 bits per heavy atom. The van der Waals surface area contributed by atoms with E-state index >= 15 is 0 Å². The topological polar surface area (TPSA) is 52.0 Å². The summed E-state index contributed by atoms with van der Waals surface area (Å²) in [7, 11) is 0. The van der Waals surface area contributed by atoms with Crippen LogP contribution in [-0.4, -0.2) is 36.6 Å². The zero-order valence-electron chi connectivity index (χ0n) is 16.4. The van der Waals surface area contributed by atoms with Gasteiger partial charge < -0.3 is 5.32 Å². The minimum absolute atomic E-state index is 0.0515. The molecule has 16 heteroatoms. The quantitative estimate of drug-likeness (QED) is 0.273. The van der Waals surface area contributed by atoms with Gasteiger partial charge in [-0.05, 0) is 18.6 Å². The summed E-state index contributed by atoms with van der Waals surface area (Å²) >= 11 is 11.9. The number of halogens is 11. The molecule has 1 aromatic carbocycles. The Labute approximate surface area is 195 Å². The van der Waals surface area contributed by atoms with E-state index in [1.165, 1.54) is 6.08 Å². The minimum atomic E-state index is -5.34. The Balaban J connectivity index is 2.22. The summed E-state index contributed by atoms with van der Waals surface area (Å²) in [6.07, 6.45) is -15.8. The van der Waals surface area contributed by atoms with Gasteiger partial charge in [-0.3, -0.25) is 5.01 Å². The molecule has 0 saturated heterocycles. The fourth-order valence-corrected chi connectivity index (χ4v) is 3.75. The molecule has 3 rings (SSSR count). The lowest BCUT2D eigenvalue weighted by molar-refractivity contribution is -0.137. The van der Waals surface area contributed by atoms with Crippen molar-refractivity contribution < 1.29 is 39.5 Å². The molecule has 0 saturated carbocycles. The summed E-state index contributed by atoms with van der Waals surface area (Å²) in [6, 6.07) is 0.948. The van der Waals surface area contributed by atoms with Crippen LogP contribution in [-0.2, 0) is 6.18 Å². The zero-order chi connectivity index (χ0) is 25.6. The molecule has 0 bridgehead atoms. The molecule has 2 heterocycles. The first-order chi connectivity index (χ1) is 15.6. The van der Waals surface area contributed by atoms with Crippen LogP contribution in [0.15, 0.2) is 46.2 Å². The largest absolute Gasteiger partial charge is 0.451 e. The molecule has 2 aliphatic rings. The molecule has 2 aliphatic heterocycles. The molecule has 1 atom stereocenters. The van der Waals surface area contributed by atoms with Gasteiger partial charge in [0.15, 0.2) is 5.71 Å². The fraction of sp³-hybridized carbons (Fsp3) is 0.333. The smallest absolute Gasteiger partial charge is 0.370 e. The number of aliphatic imine (C=N–C) groups is 2. The van der Waals surface area contributed by atoms with Crippen molar-refractivity contribution in [1.82, 2.24) is 10.7 Å². The average molecular weight is 540 g/mol. The zero-order valence-corrected chi connectivity index (χ0v) is 17.9. The Bertz CT molecular complexity index is 1060. The van der Waals surface area contributed by atoms with E-state index in [1.807, 2.05) is 0 Å². The first kappa shape index (κ1) is 26.2. The third-order valence-electron chi connectivity index (χ3n) is 4.46. The van der Waals surface area contributed by atoms with E-state index in [4.69, 9.17) is 23.2 Å². The van der Waals surface area contributed by atoms with Crippen LogP contribution in [0.2, 0.25) is 10.0 Å². The van der Waals surface area contributed by atoms with E-state index in [-0.39, 0.29) is 13.0 Å². The van der Waals surface area contributed by atoms with E-state index in [9.17, 15) is 39.5 Å². The third kappa shape index (κ3) is 5.13. The van der Waals surface area contributed by atoms with Crippen molar-refractivity contribution in [2.45, 2.75) is 31.1 Å². The molecule has 0 fully saturated rings. The minimum Gasteiger partial charge on any atom is -0.370 e. The van der Waals surface area contributed by atoms with E-state index in [0.29, 0.717) is 12.1 Å². The number of nitrogens with zero attached hydrogens (tertiary/aromatic N) is 3. The van der Waals surface area contributed by atoms with Gasteiger partial charge >= 0.3 is 18.5 Å². The number of rotatable bonds is 5. The molecule has 5 nitrogen and oxygen atoms in total. The number of fused-ring (bicyclic) bond motifs is 1. The van der Waals surface area contributed by atoms with E-state index in [0.717, 1.165) is 5.01 Å². The highest BCUT2D eigenvalue weighted by atomic mass is 35.5. The maximum atomic E-state index is 13.7. The number of hydrogen-bond donors (Lipinski definition) is 2. The fourth-order valence-electron chi connectivity index (χ4n) is 3.09. The number of anilines is 1. The molecule has 186 valence electrons. The number of amidine groups is 1. The molecule has 0 spiro atoms. The Morgan fingerprint density at radius 1 is 1.00 bits per heavy atom. The Morgan fingerprint density at radius 3 is 2.06 bits per heavy atom. The SMILES string of the molecule is C=CCCNC1=C2C(C(F)(F)F)=NC(C(F)(F)F)=NC2NN1c1c(Cl)cc(C(F)(F)F)cc1Cl. The molecule has 0 radical (unpaired) electrons. The van der Waals surface area contributed by atoms with Crippen LogP contribution in [0.1, 0.15) is 12.0 Å². The second-order valence-electron chi connectivity index (χ2n) is 6.83. The molecule has 34 heavy (non-hydrogen) atoms. The summed E-state index contributed by atoms with van der Waals surface area (Å²) in [5, 5.41) is 2.03. The lowest BCUT2D eigenvalue weighted by atomic mass is 10.1. The highest BCUT2D eigenvalue weighted by Gasteiger charge is 2.52. The van der Waals surface area contributed by atoms with Crippen LogP contribution in [0.5, 0.6) is 0 Å². The standard InChI is InChI=1S/C18H12Cl2F9N5/c1-2-3-4-30-14-10-12(17(24,25)26)31-15(18(27,28)29)32-13(10)33-34(14)11-8(19)5-7(6-9(11)20)16(21,22)23/h2,5-6,13,30,33H,1,3-4H2. The third-order valence-corrected chi connectivity index (χ3v) is 5.03. The predicted octanol–water partition coefficient (Wildman–Crippen LogP) is 6.02. The maximum Gasteiger partial charge on any atom is 0.451 e. The second kappa shape index (κ2) is 8.96. The summed E-state index contributed by atoms with van der Waals surface area (Å²) < 4.78 is 120. The Hall–Kier alpha value is -2.45. The molecule has 0 aromatic heterocycles. The number of hydrogen-bond acceptors (Lipinski definition) is 5. The average Bonchev–Trinajstić information content (AvgIpc) is 3.03. The van der Waals surface area contributed by atoms with Gasteiger partial charge in [-0.15, -0.1) is 6.58 Å². The predicted molar refractivity (Wildman–Crippen MR) is 108 cm³/mol. The summed E-state index contributed by atoms with van der Waals surface area (Å²) in [5.74, 6) is -2.53. The van der Waals surface area contributed by atoms with Crippen LogP contribution in [0.3, 0.4) is 0 Å². The van der Waals surface area contributed by atoms with Gasteiger partial charge in [0.1, 0.15) is 12.0 Å². The first-order valence-corrected chi connectivity index (χ1v) is 9.84. The van der Waals surface area contributed by atoms with Gasteiger partial charge in [0, 0.05) is 6.54 Å². The molecule has 1 unspecified atom stereocenters. The Kier molecular flexibility index (Phi) is 6.90. The van der Waals surface area contributed by atoms with Crippen molar-refractivity contribution in [1.29, 1.82) is 0 Å². The van der Waals surface area contributed by atoms with Crippen molar-refractivity contribution in [2.24, 2.45) is 9.98 Å². The van der Waals surface area contributed by atoms with Gasteiger partial charge in [0.25, 0.3) is 0 Å². The van der Waals surface area contributed by atoms with E-state index in [1.54, 1.807) is 0 Å². The van der Waals surface area contributed by atoms with Crippen molar-refractivity contribution in [2.75, 3.05) is 11.6 Å². The van der Waals surface area contributed by atoms with Crippen LogP contribution < -0.4 is 15.8 Å². The second-order valence-corrected chi connectivity index (χ2v) is 7.64. The molecule has 0 amide bonds. The normalized spacial score (nSPS) is 19.1. The van der Waals surface area contributed by atoms with Crippen molar-refractivity contribution >= 4 is 40.4 Å². The van der Waals surface area contributed by atoms with Crippen molar-refractivity contribution in [3.8, 4) is 0 Å².